The van der Waals surface area contributed by atoms with Crippen molar-refractivity contribution in [2.24, 2.45) is 17.6 Å². The van der Waals surface area contributed by atoms with Crippen LogP contribution in [0, 0.1) is 11.8 Å². The second-order valence-corrected chi connectivity index (χ2v) is 11.2. The van der Waals surface area contributed by atoms with Crippen LogP contribution >= 0.6 is 11.6 Å². The van der Waals surface area contributed by atoms with E-state index in [4.69, 9.17) is 17.3 Å². The molecule has 1 aliphatic heterocycles. The molecule has 2 amide bonds. The molecule has 0 spiro atoms. The second kappa shape index (κ2) is 13.3. The summed E-state index contributed by atoms with van der Waals surface area (Å²) in [6.45, 7) is 6.00. The van der Waals surface area contributed by atoms with E-state index in [9.17, 15) is 9.59 Å². The number of hydrogen-bond acceptors (Lipinski definition) is 4. The van der Waals surface area contributed by atoms with Crippen LogP contribution in [0.5, 0.6) is 0 Å². The molecule has 3 N–H and O–H groups in total. The Morgan fingerprint density at radius 2 is 1.73 bits per heavy atom. The molecule has 1 saturated heterocycles. The average Bonchev–Trinajstić information content (AvgIpc) is 3.72. The number of halogens is 1. The van der Waals surface area contributed by atoms with Gasteiger partial charge in [-0.3, -0.25) is 9.59 Å². The normalized spacial score (nSPS) is 17.5. The minimum atomic E-state index is -0.212. The van der Waals surface area contributed by atoms with Crippen LogP contribution in [0.25, 0.3) is 0 Å². The van der Waals surface area contributed by atoms with Gasteiger partial charge >= 0.3 is 0 Å². The summed E-state index contributed by atoms with van der Waals surface area (Å²) in [7, 11) is 0. The molecule has 2 atom stereocenters. The molecule has 200 valence electrons. The number of carbonyl (C=O) groups is 2. The number of carbonyl (C=O) groups excluding carboxylic acids is 2. The first-order valence-corrected chi connectivity index (χ1v) is 14.1. The third-order valence-electron chi connectivity index (χ3n) is 7.77. The molecular formula is C30H41ClN4O2. The van der Waals surface area contributed by atoms with Gasteiger partial charge in [0.1, 0.15) is 0 Å². The summed E-state index contributed by atoms with van der Waals surface area (Å²) >= 11 is 5.96. The minimum Gasteiger partial charge on any atom is -0.369 e. The fourth-order valence-electron chi connectivity index (χ4n) is 5.26. The molecule has 2 aromatic rings. The fourth-order valence-corrected chi connectivity index (χ4v) is 5.39. The maximum atomic E-state index is 12.8. The standard InChI is InChI=1S/C30H41ClN4O2/c1-22(30(32)37)20-27(21-24-6-7-24)33-15-14-25-4-2-3-5-28(25)34-16-18-35(19-17-34)29(36)13-10-23-8-11-26(31)12-9-23/h2-5,8-9,11-12,22,24,27,33H,6-7,10,13-21H2,1H3,(H2,32,37). The van der Waals surface area contributed by atoms with Crippen molar-refractivity contribution < 1.29 is 9.59 Å². The molecule has 2 unspecified atom stereocenters. The average molecular weight is 525 g/mol. The molecule has 2 fully saturated rings. The van der Waals surface area contributed by atoms with Crippen LogP contribution in [-0.4, -0.2) is 55.5 Å². The highest BCUT2D eigenvalue weighted by atomic mass is 35.5. The van der Waals surface area contributed by atoms with E-state index in [1.807, 2.05) is 36.1 Å². The van der Waals surface area contributed by atoms with Crippen LogP contribution in [0.1, 0.15) is 50.2 Å². The van der Waals surface area contributed by atoms with Gasteiger partial charge in [-0.2, -0.15) is 0 Å². The zero-order valence-electron chi connectivity index (χ0n) is 22.0. The van der Waals surface area contributed by atoms with Crippen LogP contribution in [0.2, 0.25) is 5.02 Å². The molecule has 1 aliphatic carbocycles. The molecule has 0 aromatic heterocycles. The summed E-state index contributed by atoms with van der Waals surface area (Å²) < 4.78 is 0. The van der Waals surface area contributed by atoms with E-state index in [2.05, 4.69) is 34.5 Å². The lowest BCUT2D eigenvalue weighted by molar-refractivity contribution is -0.131. The van der Waals surface area contributed by atoms with E-state index in [-0.39, 0.29) is 17.7 Å². The molecule has 2 aliphatic rings. The van der Waals surface area contributed by atoms with Crippen molar-refractivity contribution in [1.82, 2.24) is 10.2 Å². The van der Waals surface area contributed by atoms with Gasteiger partial charge in [0.15, 0.2) is 0 Å². The Hall–Kier alpha value is -2.57. The largest absolute Gasteiger partial charge is 0.369 e. The highest BCUT2D eigenvalue weighted by molar-refractivity contribution is 6.30. The van der Waals surface area contributed by atoms with E-state index >= 15 is 0 Å². The molecule has 2 aromatic carbocycles. The van der Waals surface area contributed by atoms with Crippen LogP contribution in [0.3, 0.4) is 0 Å². The first-order chi connectivity index (χ1) is 17.9. The van der Waals surface area contributed by atoms with Gasteiger partial charge in [-0.1, -0.05) is 61.7 Å². The van der Waals surface area contributed by atoms with E-state index < -0.39 is 0 Å². The zero-order valence-corrected chi connectivity index (χ0v) is 22.8. The predicted molar refractivity (Wildman–Crippen MR) is 151 cm³/mol. The Kier molecular flexibility index (Phi) is 9.87. The van der Waals surface area contributed by atoms with Crippen molar-refractivity contribution in [1.29, 1.82) is 0 Å². The van der Waals surface area contributed by atoms with Crippen LogP contribution in [-0.2, 0) is 22.4 Å². The monoisotopic (exact) mass is 524 g/mol. The summed E-state index contributed by atoms with van der Waals surface area (Å²) in [6.07, 6.45) is 6.76. The van der Waals surface area contributed by atoms with Gasteiger partial charge in [0, 0.05) is 55.3 Å². The van der Waals surface area contributed by atoms with Crippen molar-refractivity contribution in [3.63, 3.8) is 0 Å². The van der Waals surface area contributed by atoms with Crippen molar-refractivity contribution in [2.75, 3.05) is 37.6 Å². The number of hydrogen-bond donors (Lipinski definition) is 2. The lowest BCUT2D eigenvalue weighted by atomic mass is 9.97. The van der Waals surface area contributed by atoms with Gasteiger partial charge in [0.25, 0.3) is 0 Å². The molecule has 1 saturated carbocycles. The minimum absolute atomic E-state index is 0.103. The van der Waals surface area contributed by atoms with E-state index in [1.54, 1.807) is 0 Å². The van der Waals surface area contributed by atoms with Crippen LogP contribution < -0.4 is 16.0 Å². The molecule has 0 bridgehead atoms. The number of amides is 2. The van der Waals surface area contributed by atoms with E-state index in [0.717, 1.165) is 74.9 Å². The van der Waals surface area contributed by atoms with Gasteiger partial charge in [-0.05, 0) is 67.5 Å². The van der Waals surface area contributed by atoms with Gasteiger partial charge in [-0.15, -0.1) is 0 Å². The highest BCUT2D eigenvalue weighted by Gasteiger charge is 2.27. The Bertz CT molecular complexity index is 1030. The molecule has 0 radical (unpaired) electrons. The summed E-state index contributed by atoms with van der Waals surface area (Å²) in [5.41, 5.74) is 9.26. The third-order valence-corrected chi connectivity index (χ3v) is 8.02. The zero-order chi connectivity index (χ0) is 26.2. The molecule has 1 heterocycles. The molecule has 37 heavy (non-hydrogen) atoms. The first-order valence-electron chi connectivity index (χ1n) is 13.8. The van der Waals surface area contributed by atoms with Gasteiger partial charge in [0.2, 0.25) is 11.8 Å². The van der Waals surface area contributed by atoms with Crippen molar-refractivity contribution in [3.05, 3.63) is 64.7 Å². The fraction of sp³-hybridized carbons (Fsp3) is 0.533. The first kappa shape index (κ1) is 27.5. The number of nitrogens with zero attached hydrogens (tertiary/aromatic N) is 2. The molecule has 7 heteroatoms. The van der Waals surface area contributed by atoms with Crippen LogP contribution in [0.15, 0.2) is 48.5 Å². The third kappa shape index (κ3) is 8.47. The van der Waals surface area contributed by atoms with Gasteiger partial charge in [0.05, 0.1) is 0 Å². The highest BCUT2D eigenvalue weighted by Crippen LogP contribution is 2.34. The summed E-state index contributed by atoms with van der Waals surface area (Å²) in [4.78, 5) is 28.8. The summed E-state index contributed by atoms with van der Waals surface area (Å²) in [5.74, 6) is 0.707. The number of rotatable bonds is 13. The second-order valence-electron chi connectivity index (χ2n) is 10.7. The van der Waals surface area contributed by atoms with Gasteiger partial charge < -0.3 is 20.9 Å². The quantitative estimate of drug-likeness (QED) is 0.406. The number of aryl methyl sites for hydroxylation is 1. The molecule has 6 nitrogen and oxygen atoms in total. The number of anilines is 1. The Balaban J connectivity index is 1.25. The number of primary amides is 1. The maximum Gasteiger partial charge on any atom is 0.223 e. The Morgan fingerprint density at radius 1 is 1.03 bits per heavy atom. The van der Waals surface area contributed by atoms with Crippen molar-refractivity contribution in [3.8, 4) is 0 Å². The number of benzene rings is 2. The van der Waals surface area contributed by atoms with E-state index in [0.29, 0.717) is 12.5 Å². The summed E-state index contributed by atoms with van der Waals surface area (Å²) in [5, 5.41) is 4.44. The van der Waals surface area contributed by atoms with Crippen molar-refractivity contribution in [2.45, 2.75) is 57.9 Å². The van der Waals surface area contributed by atoms with Gasteiger partial charge in [-0.25, -0.2) is 0 Å². The Morgan fingerprint density at radius 3 is 2.41 bits per heavy atom. The number of piperazine rings is 1. The van der Waals surface area contributed by atoms with E-state index in [1.165, 1.54) is 24.1 Å². The predicted octanol–water partition coefficient (Wildman–Crippen LogP) is 4.43. The number of para-hydroxylation sites is 1. The number of nitrogens with one attached hydrogen (secondary N) is 1. The molecular weight excluding hydrogens is 484 g/mol. The topological polar surface area (TPSA) is 78.7 Å². The number of nitrogens with two attached hydrogens (primary N) is 1. The van der Waals surface area contributed by atoms with Crippen molar-refractivity contribution >= 4 is 29.1 Å². The van der Waals surface area contributed by atoms with Crippen LogP contribution in [0.4, 0.5) is 5.69 Å². The maximum absolute atomic E-state index is 12.8. The SMILES string of the molecule is CC(CC(CC1CC1)NCCc1ccccc1N1CCN(C(=O)CCc2ccc(Cl)cc2)CC1)C(N)=O. The Labute approximate surface area is 226 Å². The smallest absolute Gasteiger partial charge is 0.223 e. The lowest BCUT2D eigenvalue weighted by Gasteiger charge is -2.37. The lowest BCUT2D eigenvalue weighted by Crippen LogP contribution is -2.49. The summed E-state index contributed by atoms with van der Waals surface area (Å²) in [6, 6.07) is 16.7. The molecule has 4 rings (SSSR count).